The van der Waals surface area contributed by atoms with Gasteiger partial charge in [-0.25, -0.2) is 4.98 Å². The molecule has 1 aliphatic rings. The van der Waals surface area contributed by atoms with Gasteiger partial charge in [-0.1, -0.05) is 11.6 Å². The fraction of sp³-hybridized carbons (Fsp3) is 0.600. The van der Waals surface area contributed by atoms with Gasteiger partial charge in [0.2, 0.25) is 0 Å². The molecule has 0 aromatic carbocycles. The highest BCUT2D eigenvalue weighted by Gasteiger charge is 2.15. The topological polar surface area (TPSA) is 47.0 Å². The molecule has 0 atom stereocenters. The van der Waals surface area contributed by atoms with E-state index in [1.165, 1.54) is 0 Å². The molecule has 1 N–H and O–H groups in total. The van der Waals surface area contributed by atoms with Crippen molar-refractivity contribution in [2.24, 2.45) is 0 Å². The van der Waals surface area contributed by atoms with Gasteiger partial charge in [-0.15, -0.1) is 0 Å². The quantitative estimate of drug-likeness (QED) is 0.833. The minimum absolute atomic E-state index is 0.229. The Hall–Kier alpha value is -0.870. The highest BCUT2D eigenvalue weighted by Crippen LogP contribution is 2.16. The standard InChI is InChI=1S/C10H14ClN3O/c1-7-9(11)6-13-10(14-7)15-8-2-4-12-5-3-8/h6,8,12H,2-5H2,1H3. The molecule has 2 rings (SSSR count). The Balaban J connectivity index is 2.00. The normalized spacial score (nSPS) is 17.7. The van der Waals surface area contributed by atoms with Gasteiger partial charge in [-0.05, 0) is 32.9 Å². The van der Waals surface area contributed by atoms with Crippen molar-refractivity contribution in [1.29, 1.82) is 0 Å². The van der Waals surface area contributed by atoms with Crippen LogP contribution in [0.5, 0.6) is 6.01 Å². The summed E-state index contributed by atoms with van der Waals surface area (Å²) in [4.78, 5) is 8.23. The maximum absolute atomic E-state index is 5.83. The van der Waals surface area contributed by atoms with Gasteiger partial charge in [-0.3, -0.25) is 0 Å². The second-order valence-corrected chi connectivity index (χ2v) is 4.06. The van der Waals surface area contributed by atoms with Crippen LogP contribution in [-0.4, -0.2) is 29.2 Å². The summed E-state index contributed by atoms with van der Waals surface area (Å²) >= 11 is 5.83. The van der Waals surface area contributed by atoms with E-state index in [1.807, 2.05) is 6.92 Å². The Morgan fingerprint density at radius 1 is 1.47 bits per heavy atom. The van der Waals surface area contributed by atoms with Crippen LogP contribution in [0.1, 0.15) is 18.5 Å². The van der Waals surface area contributed by atoms with Crippen molar-refractivity contribution in [2.75, 3.05) is 13.1 Å². The van der Waals surface area contributed by atoms with Crippen LogP contribution in [0.15, 0.2) is 6.20 Å². The smallest absolute Gasteiger partial charge is 0.316 e. The lowest BCUT2D eigenvalue weighted by Gasteiger charge is -2.22. The van der Waals surface area contributed by atoms with Crippen LogP contribution in [0, 0.1) is 6.92 Å². The summed E-state index contributed by atoms with van der Waals surface area (Å²) in [5.74, 6) is 0. The Bertz CT molecular complexity index is 339. The minimum atomic E-state index is 0.229. The molecule has 5 heteroatoms. The molecule has 2 heterocycles. The van der Waals surface area contributed by atoms with Crippen molar-refractivity contribution < 1.29 is 4.74 Å². The molecule has 15 heavy (non-hydrogen) atoms. The summed E-state index contributed by atoms with van der Waals surface area (Å²) in [6, 6.07) is 0.434. The molecule has 1 saturated heterocycles. The second kappa shape index (κ2) is 4.77. The number of aryl methyl sites for hydroxylation is 1. The molecular formula is C10H14ClN3O. The van der Waals surface area contributed by atoms with E-state index in [-0.39, 0.29) is 6.10 Å². The number of ether oxygens (including phenoxy) is 1. The third-order valence-electron chi connectivity index (χ3n) is 2.46. The molecule has 1 aromatic heterocycles. The summed E-state index contributed by atoms with van der Waals surface area (Å²) in [5, 5.41) is 3.86. The first-order valence-corrected chi connectivity index (χ1v) is 5.50. The summed E-state index contributed by atoms with van der Waals surface area (Å²) in [6.07, 6.45) is 3.82. The van der Waals surface area contributed by atoms with Gasteiger partial charge < -0.3 is 10.1 Å². The van der Waals surface area contributed by atoms with Crippen molar-refractivity contribution in [3.63, 3.8) is 0 Å². The van der Waals surface area contributed by atoms with Crippen LogP contribution in [0.3, 0.4) is 0 Å². The number of hydrogen-bond donors (Lipinski definition) is 1. The highest BCUT2D eigenvalue weighted by atomic mass is 35.5. The van der Waals surface area contributed by atoms with E-state index in [0.717, 1.165) is 31.6 Å². The number of halogens is 1. The van der Waals surface area contributed by atoms with Gasteiger partial charge in [0.05, 0.1) is 16.9 Å². The van der Waals surface area contributed by atoms with E-state index in [2.05, 4.69) is 15.3 Å². The lowest BCUT2D eigenvalue weighted by atomic mass is 10.1. The van der Waals surface area contributed by atoms with Gasteiger partial charge in [0, 0.05) is 0 Å². The number of hydrogen-bond acceptors (Lipinski definition) is 4. The first-order chi connectivity index (χ1) is 7.25. The van der Waals surface area contributed by atoms with E-state index in [4.69, 9.17) is 16.3 Å². The lowest BCUT2D eigenvalue weighted by Crippen LogP contribution is -2.34. The predicted molar refractivity (Wildman–Crippen MR) is 58.3 cm³/mol. The van der Waals surface area contributed by atoms with Crippen LogP contribution in [0.4, 0.5) is 0 Å². The Labute approximate surface area is 94.0 Å². The maximum Gasteiger partial charge on any atom is 0.316 e. The molecule has 0 amide bonds. The van der Waals surface area contributed by atoms with E-state index in [9.17, 15) is 0 Å². The third-order valence-corrected chi connectivity index (χ3v) is 2.83. The number of nitrogens with one attached hydrogen (secondary N) is 1. The van der Waals surface area contributed by atoms with Crippen LogP contribution >= 0.6 is 11.6 Å². The number of piperidine rings is 1. The largest absolute Gasteiger partial charge is 0.460 e. The minimum Gasteiger partial charge on any atom is -0.460 e. The predicted octanol–water partition coefficient (Wildman–Crippen LogP) is 1.57. The zero-order valence-electron chi connectivity index (χ0n) is 8.66. The summed E-state index contributed by atoms with van der Waals surface area (Å²) < 4.78 is 5.67. The van der Waals surface area contributed by atoms with Crippen LogP contribution in [0.25, 0.3) is 0 Å². The van der Waals surface area contributed by atoms with Crippen molar-refractivity contribution in [3.05, 3.63) is 16.9 Å². The van der Waals surface area contributed by atoms with Gasteiger partial charge in [0.1, 0.15) is 6.10 Å². The molecule has 4 nitrogen and oxygen atoms in total. The SMILES string of the molecule is Cc1nc(OC2CCNCC2)ncc1Cl. The Kier molecular flexibility index (Phi) is 3.38. The van der Waals surface area contributed by atoms with E-state index in [0.29, 0.717) is 11.0 Å². The molecule has 0 spiro atoms. The molecule has 1 fully saturated rings. The van der Waals surface area contributed by atoms with Crippen molar-refractivity contribution >= 4 is 11.6 Å². The van der Waals surface area contributed by atoms with E-state index in [1.54, 1.807) is 6.20 Å². The molecule has 1 aromatic rings. The average molecular weight is 228 g/mol. The monoisotopic (exact) mass is 227 g/mol. The van der Waals surface area contributed by atoms with Crippen LogP contribution in [0.2, 0.25) is 5.02 Å². The summed E-state index contributed by atoms with van der Waals surface area (Å²) in [7, 11) is 0. The number of aromatic nitrogens is 2. The molecule has 1 aliphatic heterocycles. The van der Waals surface area contributed by atoms with Crippen molar-refractivity contribution in [1.82, 2.24) is 15.3 Å². The molecular weight excluding hydrogens is 214 g/mol. The first-order valence-electron chi connectivity index (χ1n) is 5.12. The third kappa shape index (κ3) is 2.79. The zero-order valence-corrected chi connectivity index (χ0v) is 9.42. The second-order valence-electron chi connectivity index (χ2n) is 3.65. The van der Waals surface area contributed by atoms with Crippen LogP contribution in [-0.2, 0) is 0 Å². The molecule has 0 bridgehead atoms. The summed E-state index contributed by atoms with van der Waals surface area (Å²) in [5.41, 5.74) is 0.760. The number of rotatable bonds is 2. The Morgan fingerprint density at radius 2 is 2.20 bits per heavy atom. The molecule has 0 radical (unpaired) electrons. The fourth-order valence-electron chi connectivity index (χ4n) is 1.55. The molecule has 0 unspecified atom stereocenters. The number of nitrogens with zero attached hydrogens (tertiary/aromatic N) is 2. The molecule has 82 valence electrons. The zero-order chi connectivity index (χ0) is 10.7. The molecule has 0 saturated carbocycles. The highest BCUT2D eigenvalue weighted by molar-refractivity contribution is 6.31. The van der Waals surface area contributed by atoms with Gasteiger partial charge in [0.15, 0.2) is 0 Å². The van der Waals surface area contributed by atoms with E-state index >= 15 is 0 Å². The van der Waals surface area contributed by atoms with Crippen molar-refractivity contribution in [2.45, 2.75) is 25.9 Å². The summed E-state index contributed by atoms with van der Waals surface area (Å²) in [6.45, 7) is 3.84. The van der Waals surface area contributed by atoms with Crippen LogP contribution < -0.4 is 10.1 Å². The fourth-order valence-corrected chi connectivity index (χ4v) is 1.64. The maximum atomic E-state index is 5.83. The van der Waals surface area contributed by atoms with Gasteiger partial charge in [-0.2, -0.15) is 4.98 Å². The van der Waals surface area contributed by atoms with Gasteiger partial charge >= 0.3 is 6.01 Å². The van der Waals surface area contributed by atoms with E-state index < -0.39 is 0 Å². The lowest BCUT2D eigenvalue weighted by molar-refractivity contribution is 0.148. The van der Waals surface area contributed by atoms with Crippen molar-refractivity contribution in [3.8, 4) is 6.01 Å². The first kappa shape index (κ1) is 10.6. The molecule has 0 aliphatic carbocycles. The average Bonchev–Trinajstić information content (AvgIpc) is 2.25. The van der Waals surface area contributed by atoms with Gasteiger partial charge in [0.25, 0.3) is 0 Å². The Morgan fingerprint density at radius 3 is 2.87 bits per heavy atom.